The van der Waals surface area contributed by atoms with Crippen molar-refractivity contribution in [3.05, 3.63) is 46.2 Å². The van der Waals surface area contributed by atoms with Crippen LogP contribution in [-0.4, -0.2) is 58.7 Å². The number of likely N-dealkylation sites (tertiary alicyclic amines) is 1. The van der Waals surface area contributed by atoms with Gasteiger partial charge in [0, 0.05) is 31.2 Å². The molecule has 162 valence electrons. The van der Waals surface area contributed by atoms with Crippen LogP contribution in [-0.2, 0) is 4.79 Å². The lowest BCUT2D eigenvalue weighted by Crippen LogP contribution is -2.47. The Morgan fingerprint density at radius 2 is 1.83 bits per heavy atom. The van der Waals surface area contributed by atoms with Gasteiger partial charge < -0.3 is 10.6 Å². The molecule has 0 aliphatic carbocycles. The van der Waals surface area contributed by atoms with E-state index in [1.54, 1.807) is 4.68 Å². The molecule has 0 radical (unpaired) electrons. The summed E-state index contributed by atoms with van der Waals surface area (Å²) in [6.45, 7) is 8.59. The van der Waals surface area contributed by atoms with Crippen LogP contribution in [0, 0.1) is 13.8 Å². The lowest BCUT2D eigenvalue weighted by molar-refractivity contribution is -0.122. The molecule has 2 N–H and O–H groups in total. The van der Waals surface area contributed by atoms with Crippen molar-refractivity contribution in [2.75, 3.05) is 26.2 Å². The maximum atomic E-state index is 12.6. The minimum atomic E-state index is -0.0768. The molecule has 7 nitrogen and oxygen atoms in total. The zero-order valence-corrected chi connectivity index (χ0v) is 18.6. The van der Waals surface area contributed by atoms with Gasteiger partial charge in [-0.1, -0.05) is 18.5 Å². The quantitative estimate of drug-likeness (QED) is 0.706. The first-order valence-corrected chi connectivity index (χ1v) is 10.9. The molecule has 0 saturated carbocycles. The largest absolute Gasteiger partial charge is 0.355 e. The summed E-state index contributed by atoms with van der Waals surface area (Å²) in [7, 11) is 0. The van der Waals surface area contributed by atoms with E-state index in [1.807, 2.05) is 45.0 Å². The summed E-state index contributed by atoms with van der Waals surface area (Å²) in [6.07, 6.45) is 2.63. The van der Waals surface area contributed by atoms with Crippen LogP contribution in [0.5, 0.6) is 0 Å². The Kier molecular flexibility index (Phi) is 7.50. The maximum absolute atomic E-state index is 12.6. The van der Waals surface area contributed by atoms with Gasteiger partial charge in [0.2, 0.25) is 5.91 Å². The zero-order valence-electron chi connectivity index (χ0n) is 17.9. The topological polar surface area (TPSA) is 79.3 Å². The number of aryl methyl sites for hydroxylation is 1. The number of nitrogens with one attached hydrogen (secondary N) is 2. The first kappa shape index (κ1) is 22.3. The van der Waals surface area contributed by atoms with E-state index in [4.69, 9.17) is 11.6 Å². The van der Waals surface area contributed by atoms with Crippen molar-refractivity contribution in [1.29, 1.82) is 0 Å². The average Bonchev–Trinajstić information content (AvgIpc) is 3.01. The number of nitrogens with zero attached hydrogens (tertiary/aromatic N) is 3. The second-order valence-corrected chi connectivity index (χ2v) is 8.20. The van der Waals surface area contributed by atoms with Gasteiger partial charge in [-0.25, -0.2) is 4.68 Å². The molecule has 2 aromatic rings. The van der Waals surface area contributed by atoms with E-state index in [0.29, 0.717) is 17.1 Å². The van der Waals surface area contributed by atoms with Crippen molar-refractivity contribution >= 4 is 23.4 Å². The molecule has 1 aliphatic heterocycles. The molecule has 1 fully saturated rings. The minimum absolute atomic E-state index is 0.0725. The number of amides is 2. The van der Waals surface area contributed by atoms with Gasteiger partial charge in [-0.15, -0.1) is 0 Å². The van der Waals surface area contributed by atoms with Gasteiger partial charge in [0.05, 0.1) is 28.6 Å². The zero-order chi connectivity index (χ0) is 21.7. The predicted molar refractivity (Wildman–Crippen MR) is 118 cm³/mol. The fourth-order valence-corrected chi connectivity index (χ4v) is 3.77. The van der Waals surface area contributed by atoms with Crippen LogP contribution >= 0.6 is 11.6 Å². The van der Waals surface area contributed by atoms with Crippen molar-refractivity contribution in [3.8, 4) is 5.69 Å². The standard InChI is InChI=1S/C22H30ClN5O2/c1-4-11-24-20(29)14-27-12-9-18(10-13-27)25-22(30)17-5-7-19(8-6-17)28-16(3)21(23)15(2)26-28/h5-8,18H,4,9-14H2,1-3H3,(H,24,29)(H,25,30). The highest BCUT2D eigenvalue weighted by Crippen LogP contribution is 2.22. The summed E-state index contributed by atoms with van der Waals surface area (Å²) < 4.78 is 1.78. The molecule has 8 heteroatoms. The molecule has 0 bridgehead atoms. The number of rotatable bonds is 7. The second kappa shape index (κ2) is 10.1. The van der Waals surface area contributed by atoms with E-state index < -0.39 is 0 Å². The summed E-state index contributed by atoms with van der Waals surface area (Å²) in [4.78, 5) is 26.6. The number of piperidine rings is 1. The van der Waals surface area contributed by atoms with Gasteiger partial charge in [0.25, 0.3) is 5.91 Å². The van der Waals surface area contributed by atoms with Crippen LogP contribution in [0.1, 0.15) is 47.9 Å². The number of aromatic nitrogens is 2. The van der Waals surface area contributed by atoms with Crippen LogP contribution < -0.4 is 10.6 Å². The normalized spacial score (nSPS) is 15.2. The van der Waals surface area contributed by atoms with Crippen LogP contribution in [0.4, 0.5) is 0 Å². The third-order valence-corrected chi connectivity index (χ3v) is 5.99. The van der Waals surface area contributed by atoms with E-state index in [1.165, 1.54) is 0 Å². The van der Waals surface area contributed by atoms with E-state index >= 15 is 0 Å². The highest BCUT2D eigenvalue weighted by molar-refractivity contribution is 6.31. The van der Waals surface area contributed by atoms with Crippen molar-refractivity contribution in [3.63, 3.8) is 0 Å². The Hall–Kier alpha value is -2.38. The van der Waals surface area contributed by atoms with E-state index in [-0.39, 0.29) is 17.9 Å². The van der Waals surface area contributed by atoms with Gasteiger partial charge in [-0.2, -0.15) is 5.10 Å². The van der Waals surface area contributed by atoms with Gasteiger partial charge in [0.15, 0.2) is 0 Å². The number of carbonyl (C=O) groups excluding carboxylic acids is 2. The van der Waals surface area contributed by atoms with Crippen molar-refractivity contribution in [2.24, 2.45) is 0 Å². The van der Waals surface area contributed by atoms with E-state index in [0.717, 1.165) is 56.0 Å². The lowest BCUT2D eigenvalue weighted by atomic mass is 10.0. The van der Waals surface area contributed by atoms with Crippen LogP contribution in [0.3, 0.4) is 0 Å². The highest BCUT2D eigenvalue weighted by Gasteiger charge is 2.22. The molecule has 30 heavy (non-hydrogen) atoms. The molecule has 2 heterocycles. The Morgan fingerprint density at radius 1 is 1.17 bits per heavy atom. The molecule has 1 aromatic heterocycles. The Balaban J connectivity index is 1.51. The van der Waals surface area contributed by atoms with Crippen LogP contribution in [0.2, 0.25) is 5.02 Å². The third kappa shape index (κ3) is 5.40. The number of halogens is 1. The fourth-order valence-electron chi connectivity index (χ4n) is 3.66. The Morgan fingerprint density at radius 3 is 2.40 bits per heavy atom. The van der Waals surface area contributed by atoms with Gasteiger partial charge in [0.1, 0.15) is 0 Å². The van der Waals surface area contributed by atoms with Gasteiger partial charge in [-0.05, 0) is 57.4 Å². The predicted octanol–water partition coefficient (Wildman–Crippen LogP) is 2.86. The minimum Gasteiger partial charge on any atom is -0.355 e. The molecule has 0 atom stereocenters. The maximum Gasteiger partial charge on any atom is 0.251 e. The Labute approximate surface area is 182 Å². The van der Waals surface area contributed by atoms with Crippen LogP contribution in [0.25, 0.3) is 5.69 Å². The smallest absolute Gasteiger partial charge is 0.251 e. The molecule has 0 unspecified atom stereocenters. The molecule has 1 aliphatic rings. The summed E-state index contributed by atoms with van der Waals surface area (Å²) >= 11 is 6.23. The average molecular weight is 432 g/mol. The number of hydrogen-bond acceptors (Lipinski definition) is 4. The first-order chi connectivity index (χ1) is 14.4. The van der Waals surface area contributed by atoms with Gasteiger partial charge in [-0.3, -0.25) is 14.5 Å². The number of benzene rings is 1. The molecule has 3 rings (SSSR count). The molecule has 2 amide bonds. The Bertz CT molecular complexity index is 886. The molecule has 1 aromatic carbocycles. The van der Waals surface area contributed by atoms with Crippen molar-refractivity contribution in [2.45, 2.75) is 46.1 Å². The summed E-state index contributed by atoms with van der Waals surface area (Å²) in [5.41, 5.74) is 3.15. The third-order valence-electron chi connectivity index (χ3n) is 5.44. The monoisotopic (exact) mass is 431 g/mol. The van der Waals surface area contributed by atoms with Gasteiger partial charge >= 0.3 is 0 Å². The molecule has 0 spiro atoms. The number of carbonyl (C=O) groups is 2. The SMILES string of the molecule is CCCNC(=O)CN1CCC(NC(=O)c2ccc(-n3nc(C)c(Cl)c3C)cc2)CC1. The second-order valence-electron chi connectivity index (χ2n) is 7.82. The fraction of sp³-hybridized carbons (Fsp3) is 0.500. The van der Waals surface area contributed by atoms with Crippen molar-refractivity contribution in [1.82, 2.24) is 25.3 Å². The van der Waals surface area contributed by atoms with E-state index in [2.05, 4.69) is 20.6 Å². The summed E-state index contributed by atoms with van der Waals surface area (Å²) in [5, 5.41) is 11.1. The number of hydrogen-bond donors (Lipinski definition) is 2. The summed E-state index contributed by atoms with van der Waals surface area (Å²) in [5.74, 6) is -0.00425. The highest BCUT2D eigenvalue weighted by atomic mass is 35.5. The molecule has 1 saturated heterocycles. The lowest BCUT2D eigenvalue weighted by Gasteiger charge is -2.31. The molecular formula is C22H30ClN5O2. The molecular weight excluding hydrogens is 402 g/mol. The van der Waals surface area contributed by atoms with E-state index in [9.17, 15) is 9.59 Å². The van der Waals surface area contributed by atoms with Crippen LogP contribution in [0.15, 0.2) is 24.3 Å². The van der Waals surface area contributed by atoms with Crippen molar-refractivity contribution < 1.29 is 9.59 Å². The summed E-state index contributed by atoms with van der Waals surface area (Å²) in [6, 6.07) is 7.50. The first-order valence-electron chi connectivity index (χ1n) is 10.5.